The molecule has 0 fully saturated rings. The van der Waals surface area contributed by atoms with Crippen LogP contribution in [0.3, 0.4) is 0 Å². The number of rotatable bonds is 65. The average molecular weight is 1080 g/mol. The third-order valence-electron chi connectivity index (χ3n) is 16.0. The molecule has 0 aromatic heterocycles. The van der Waals surface area contributed by atoms with Crippen molar-refractivity contribution in [3.63, 3.8) is 0 Å². The lowest BCUT2D eigenvalue weighted by atomic mass is 10.0. The Balaban J connectivity index is 4.28. The molecular formula is C71H134O6. The normalized spacial score (nSPS) is 12.1. The molecular weight excluding hydrogens is 949 g/mol. The van der Waals surface area contributed by atoms with Gasteiger partial charge in [0.05, 0.1) is 0 Å². The lowest BCUT2D eigenvalue weighted by molar-refractivity contribution is -0.167. The molecule has 0 aliphatic carbocycles. The quantitative estimate of drug-likeness (QED) is 0.0261. The first-order valence-electron chi connectivity index (χ1n) is 34.8. The smallest absolute Gasteiger partial charge is 0.306 e. The van der Waals surface area contributed by atoms with Crippen molar-refractivity contribution < 1.29 is 28.6 Å². The molecule has 0 spiro atoms. The Bertz CT molecular complexity index is 1240. The third kappa shape index (κ3) is 64.6. The lowest BCUT2D eigenvalue weighted by Gasteiger charge is -2.18. The summed E-state index contributed by atoms with van der Waals surface area (Å²) in [6.45, 7) is 6.70. The highest BCUT2D eigenvalue weighted by Gasteiger charge is 2.19. The van der Waals surface area contributed by atoms with Crippen molar-refractivity contribution in [3.8, 4) is 0 Å². The Labute approximate surface area is 481 Å². The van der Waals surface area contributed by atoms with Crippen molar-refractivity contribution in [3.05, 3.63) is 24.3 Å². The minimum atomic E-state index is -0.771. The number of allylic oxidation sites excluding steroid dienone is 4. The van der Waals surface area contributed by atoms with Crippen LogP contribution in [0.2, 0.25) is 0 Å². The molecule has 1 atom stereocenters. The maximum atomic E-state index is 12.9. The van der Waals surface area contributed by atoms with Crippen molar-refractivity contribution in [1.82, 2.24) is 0 Å². The Morgan fingerprint density at radius 3 is 0.740 bits per heavy atom. The first-order chi connectivity index (χ1) is 38.0. The van der Waals surface area contributed by atoms with E-state index in [1.165, 1.54) is 283 Å². The standard InChI is InChI=1S/C71H134O6/c1-4-7-10-13-16-19-22-25-28-31-33-34-35-36-38-40-43-46-49-52-55-58-61-64-70(73)76-67-68(66-75-69(72)63-60-57-54-51-48-45-42-39-30-27-24-21-18-15-12-9-6-3)77-71(74)65-62-59-56-53-50-47-44-41-37-32-29-26-23-20-17-14-11-8-5-2/h18,21,27,30,68H,4-17,19-20,22-26,28-29,31-67H2,1-3H3/b21-18-,30-27-. The van der Waals surface area contributed by atoms with Crippen LogP contribution in [0.4, 0.5) is 0 Å². The summed E-state index contributed by atoms with van der Waals surface area (Å²) in [5, 5.41) is 0. The van der Waals surface area contributed by atoms with Gasteiger partial charge in [-0.2, -0.15) is 0 Å². The topological polar surface area (TPSA) is 78.9 Å². The Morgan fingerprint density at radius 1 is 0.260 bits per heavy atom. The SMILES string of the molecule is CCCCC/C=C\C/C=C\CCCCCCCCCC(=O)OCC(COC(=O)CCCCCCCCCCCCCCCCCCCCCCCCC)OC(=O)CCCCCCCCCCCCCCCCCCCCC. The van der Waals surface area contributed by atoms with Crippen molar-refractivity contribution in [1.29, 1.82) is 0 Å². The zero-order valence-electron chi connectivity index (χ0n) is 52.3. The second-order valence-corrected chi connectivity index (χ2v) is 23.8. The minimum absolute atomic E-state index is 0.0671. The highest BCUT2D eigenvalue weighted by atomic mass is 16.6. The van der Waals surface area contributed by atoms with E-state index in [1.54, 1.807) is 0 Å². The molecule has 6 nitrogen and oxygen atoms in total. The molecule has 77 heavy (non-hydrogen) atoms. The largest absolute Gasteiger partial charge is 0.462 e. The molecule has 0 bridgehead atoms. The predicted octanol–water partition coefficient (Wildman–Crippen LogP) is 23.8. The summed E-state index contributed by atoms with van der Waals surface area (Å²) in [4.78, 5) is 38.4. The molecule has 0 rings (SSSR count). The second-order valence-electron chi connectivity index (χ2n) is 23.8. The molecule has 0 heterocycles. The fourth-order valence-corrected chi connectivity index (χ4v) is 10.7. The third-order valence-corrected chi connectivity index (χ3v) is 16.0. The van der Waals surface area contributed by atoms with Gasteiger partial charge in [0, 0.05) is 19.3 Å². The Kier molecular flexibility index (Phi) is 64.6. The van der Waals surface area contributed by atoms with Gasteiger partial charge in [-0.15, -0.1) is 0 Å². The van der Waals surface area contributed by atoms with Crippen LogP contribution in [0.25, 0.3) is 0 Å². The molecule has 0 amide bonds. The molecule has 0 aliphatic rings. The fourth-order valence-electron chi connectivity index (χ4n) is 10.7. The molecule has 0 saturated heterocycles. The van der Waals surface area contributed by atoms with E-state index < -0.39 is 6.10 Å². The van der Waals surface area contributed by atoms with Gasteiger partial charge in [-0.1, -0.05) is 347 Å². The van der Waals surface area contributed by atoms with E-state index in [9.17, 15) is 14.4 Å². The molecule has 0 N–H and O–H groups in total. The van der Waals surface area contributed by atoms with Crippen molar-refractivity contribution in [2.45, 2.75) is 399 Å². The number of ether oxygens (including phenoxy) is 3. The summed E-state index contributed by atoms with van der Waals surface area (Å²) in [5.41, 5.74) is 0. The fraction of sp³-hybridized carbons (Fsp3) is 0.901. The number of carbonyl (C=O) groups excluding carboxylic acids is 3. The lowest BCUT2D eigenvalue weighted by Crippen LogP contribution is -2.30. The molecule has 0 aromatic rings. The van der Waals surface area contributed by atoms with Crippen molar-refractivity contribution in [2.24, 2.45) is 0 Å². The molecule has 0 radical (unpaired) electrons. The molecule has 1 unspecified atom stereocenters. The number of carbonyl (C=O) groups is 3. The van der Waals surface area contributed by atoms with E-state index in [0.29, 0.717) is 19.3 Å². The Hall–Kier alpha value is -2.11. The van der Waals surface area contributed by atoms with Gasteiger partial charge in [-0.05, 0) is 51.4 Å². The average Bonchev–Trinajstić information content (AvgIpc) is 3.43. The molecule has 454 valence electrons. The summed E-state index contributed by atoms with van der Waals surface area (Å²) in [6, 6.07) is 0. The van der Waals surface area contributed by atoms with Crippen LogP contribution >= 0.6 is 0 Å². The van der Waals surface area contributed by atoms with Gasteiger partial charge in [0.15, 0.2) is 6.10 Å². The first kappa shape index (κ1) is 74.9. The summed E-state index contributed by atoms with van der Waals surface area (Å²) in [7, 11) is 0. The molecule has 0 aromatic carbocycles. The van der Waals surface area contributed by atoms with Crippen LogP contribution in [-0.4, -0.2) is 37.2 Å². The van der Waals surface area contributed by atoms with E-state index in [4.69, 9.17) is 14.2 Å². The molecule has 0 saturated carbocycles. The number of unbranched alkanes of at least 4 members (excludes halogenated alkanes) is 50. The minimum Gasteiger partial charge on any atom is -0.462 e. The van der Waals surface area contributed by atoms with Gasteiger partial charge in [-0.3, -0.25) is 14.4 Å². The summed E-state index contributed by atoms with van der Waals surface area (Å²) < 4.78 is 17.0. The van der Waals surface area contributed by atoms with Crippen molar-refractivity contribution >= 4 is 17.9 Å². The number of hydrogen-bond acceptors (Lipinski definition) is 6. The van der Waals surface area contributed by atoms with Crippen LogP contribution < -0.4 is 0 Å². The van der Waals surface area contributed by atoms with Crippen LogP contribution in [0, 0.1) is 0 Å². The van der Waals surface area contributed by atoms with Crippen LogP contribution in [0.1, 0.15) is 393 Å². The van der Waals surface area contributed by atoms with E-state index in [-0.39, 0.29) is 31.1 Å². The monoisotopic (exact) mass is 1080 g/mol. The molecule has 6 heteroatoms. The summed E-state index contributed by atoms with van der Waals surface area (Å²) in [5.74, 6) is -0.842. The highest BCUT2D eigenvalue weighted by Crippen LogP contribution is 2.19. The van der Waals surface area contributed by atoms with E-state index in [2.05, 4.69) is 45.1 Å². The second kappa shape index (κ2) is 66.4. The van der Waals surface area contributed by atoms with Crippen molar-refractivity contribution in [2.75, 3.05) is 13.2 Å². The number of hydrogen-bond donors (Lipinski definition) is 0. The van der Waals surface area contributed by atoms with Gasteiger partial charge >= 0.3 is 17.9 Å². The van der Waals surface area contributed by atoms with Gasteiger partial charge in [-0.25, -0.2) is 0 Å². The summed E-state index contributed by atoms with van der Waals surface area (Å²) >= 11 is 0. The van der Waals surface area contributed by atoms with Gasteiger partial charge in [0.2, 0.25) is 0 Å². The number of esters is 3. The maximum Gasteiger partial charge on any atom is 0.306 e. The van der Waals surface area contributed by atoms with E-state index in [0.717, 1.165) is 70.6 Å². The molecule has 0 aliphatic heterocycles. The van der Waals surface area contributed by atoms with Gasteiger partial charge in [0.1, 0.15) is 13.2 Å². The zero-order chi connectivity index (χ0) is 55.7. The highest BCUT2D eigenvalue weighted by molar-refractivity contribution is 5.71. The summed E-state index contributed by atoms with van der Waals surface area (Å²) in [6.07, 6.45) is 80.5. The first-order valence-corrected chi connectivity index (χ1v) is 34.8. The Morgan fingerprint density at radius 2 is 0.468 bits per heavy atom. The van der Waals surface area contributed by atoms with Crippen LogP contribution in [-0.2, 0) is 28.6 Å². The van der Waals surface area contributed by atoms with Gasteiger partial charge in [0.25, 0.3) is 0 Å². The van der Waals surface area contributed by atoms with Crippen LogP contribution in [0.15, 0.2) is 24.3 Å². The van der Waals surface area contributed by atoms with E-state index in [1.807, 2.05) is 0 Å². The zero-order valence-corrected chi connectivity index (χ0v) is 52.3. The predicted molar refractivity (Wildman–Crippen MR) is 335 cm³/mol. The van der Waals surface area contributed by atoms with E-state index >= 15 is 0 Å². The van der Waals surface area contributed by atoms with Gasteiger partial charge < -0.3 is 14.2 Å². The maximum absolute atomic E-state index is 12.9. The van der Waals surface area contributed by atoms with Crippen LogP contribution in [0.5, 0.6) is 0 Å².